The molecule has 2 rings (SSSR count). The highest BCUT2D eigenvalue weighted by atomic mass is 16.4. The Labute approximate surface area is 86.4 Å². The van der Waals surface area contributed by atoms with Crippen molar-refractivity contribution < 1.29 is 4.42 Å². The van der Waals surface area contributed by atoms with Crippen LogP contribution in [0.3, 0.4) is 0 Å². The highest BCUT2D eigenvalue weighted by molar-refractivity contribution is 5.05. The van der Waals surface area contributed by atoms with Crippen LogP contribution in [-0.4, -0.2) is 14.5 Å². The average Bonchev–Trinajstić information content (AvgIpc) is 2.50. The molecular weight excluding hydrogens is 194 g/mol. The van der Waals surface area contributed by atoms with E-state index in [1.54, 1.807) is 0 Å². The normalized spacial score (nSPS) is 10.5. The second kappa shape index (κ2) is 3.68. The van der Waals surface area contributed by atoms with Gasteiger partial charge in [0.1, 0.15) is 12.3 Å². The number of hydrogen-bond donors (Lipinski definition) is 0. The number of aryl methyl sites for hydroxylation is 2. The van der Waals surface area contributed by atoms with Gasteiger partial charge in [-0.15, -0.1) is 0 Å². The van der Waals surface area contributed by atoms with E-state index in [0.717, 1.165) is 11.5 Å². The van der Waals surface area contributed by atoms with Gasteiger partial charge in [-0.3, -0.25) is 9.36 Å². The lowest BCUT2D eigenvalue weighted by molar-refractivity contribution is 0.452. The zero-order valence-electron chi connectivity index (χ0n) is 8.60. The van der Waals surface area contributed by atoms with E-state index in [1.165, 1.54) is 23.2 Å². The van der Waals surface area contributed by atoms with Crippen LogP contribution >= 0.6 is 0 Å². The summed E-state index contributed by atoms with van der Waals surface area (Å²) in [6.45, 7) is 4.04. The van der Waals surface area contributed by atoms with E-state index in [4.69, 9.17) is 4.42 Å². The first-order valence-corrected chi connectivity index (χ1v) is 4.60. The van der Waals surface area contributed by atoms with Crippen molar-refractivity contribution in [3.8, 4) is 0 Å². The van der Waals surface area contributed by atoms with Crippen LogP contribution < -0.4 is 5.56 Å². The van der Waals surface area contributed by atoms with Gasteiger partial charge in [-0.2, -0.15) is 0 Å². The fourth-order valence-electron chi connectivity index (χ4n) is 1.25. The van der Waals surface area contributed by atoms with Crippen LogP contribution in [0.4, 0.5) is 0 Å². The molecule has 0 aliphatic heterocycles. The van der Waals surface area contributed by atoms with Crippen molar-refractivity contribution in [2.75, 3.05) is 0 Å². The lowest BCUT2D eigenvalue weighted by Gasteiger charge is -1.99. The number of oxazole rings is 1. The molecule has 0 aliphatic carbocycles. The third-order valence-electron chi connectivity index (χ3n) is 2.17. The first-order chi connectivity index (χ1) is 7.16. The molecule has 0 fully saturated rings. The van der Waals surface area contributed by atoms with Crippen LogP contribution in [0.1, 0.15) is 17.3 Å². The lowest BCUT2D eigenvalue weighted by Crippen LogP contribution is -2.19. The Bertz CT molecular complexity index is 508. The quantitative estimate of drug-likeness (QED) is 0.730. The van der Waals surface area contributed by atoms with Crippen molar-refractivity contribution in [3.05, 3.63) is 46.3 Å². The topological polar surface area (TPSA) is 60.9 Å². The monoisotopic (exact) mass is 205 g/mol. The van der Waals surface area contributed by atoms with Crippen molar-refractivity contribution in [1.29, 1.82) is 0 Å². The number of hydrogen-bond acceptors (Lipinski definition) is 4. The Morgan fingerprint density at radius 3 is 2.87 bits per heavy atom. The van der Waals surface area contributed by atoms with Crippen molar-refractivity contribution in [2.24, 2.45) is 0 Å². The molecule has 2 aromatic rings. The Kier molecular flexibility index (Phi) is 2.37. The zero-order valence-corrected chi connectivity index (χ0v) is 8.60. The van der Waals surface area contributed by atoms with Crippen LogP contribution in [0, 0.1) is 13.8 Å². The molecule has 0 saturated heterocycles. The molecule has 0 saturated carbocycles. The molecular formula is C10H11N3O2. The summed E-state index contributed by atoms with van der Waals surface area (Å²) in [6.07, 6.45) is 2.93. The largest absolute Gasteiger partial charge is 0.444 e. The van der Waals surface area contributed by atoms with Gasteiger partial charge in [0.05, 0.1) is 12.0 Å². The standard InChI is InChI=1S/C10H11N3O2/c1-7-8(2)15-9(12-7)5-13-6-11-4-3-10(13)14/h3-4,6H,5H2,1-2H3. The minimum Gasteiger partial charge on any atom is -0.444 e. The van der Waals surface area contributed by atoms with Gasteiger partial charge >= 0.3 is 0 Å². The first kappa shape index (κ1) is 9.64. The molecule has 0 aliphatic rings. The maximum atomic E-state index is 11.4. The van der Waals surface area contributed by atoms with Crippen LogP contribution in [0.2, 0.25) is 0 Å². The van der Waals surface area contributed by atoms with E-state index in [2.05, 4.69) is 9.97 Å². The SMILES string of the molecule is Cc1nc(Cn2cnccc2=O)oc1C. The summed E-state index contributed by atoms with van der Waals surface area (Å²) in [6, 6.07) is 1.41. The summed E-state index contributed by atoms with van der Waals surface area (Å²) in [5.41, 5.74) is 0.737. The van der Waals surface area contributed by atoms with Gasteiger partial charge in [0, 0.05) is 12.3 Å². The molecule has 0 atom stereocenters. The van der Waals surface area contributed by atoms with Gasteiger partial charge in [-0.25, -0.2) is 9.97 Å². The molecule has 5 nitrogen and oxygen atoms in total. The molecule has 0 bridgehead atoms. The third kappa shape index (κ3) is 1.96. The van der Waals surface area contributed by atoms with Crippen LogP contribution in [0.5, 0.6) is 0 Å². The first-order valence-electron chi connectivity index (χ1n) is 4.60. The number of aromatic nitrogens is 3. The summed E-state index contributed by atoms with van der Waals surface area (Å²) < 4.78 is 6.82. The molecule has 0 radical (unpaired) electrons. The van der Waals surface area contributed by atoms with E-state index in [9.17, 15) is 4.79 Å². The summed E-state index contributed by atoms with van der Waals surface area (Å²) in [7, 11) is 0. The predicted molar refractivity (Wildman–Crippen MR) is 53.6 cm³/mol. The molecule has 0 amide bonds. The van der Waals surface area contributed by atoms with Crippen LogP contribution in [0.25, 0.3) is 0 Å². The summed E-state index contributed by atoms with van der Waals surface area (Å²) in [4.78, 5) is 19.4. The average molecular weight is 205 g/mol. The summed E-state index contributed by atoms with van der Waals surface area (Å²) >= 11 is 0. The van der Waals surface area contributed by atoms with Gasteiger partial charge in [-0.1, -0.05) is 0 Å². The lowest BCUT2D eigenvalue weighted by atomic mass is 10.4. The fraction of sp³-hybridized carbons (Fsp3) is 0.300. The second-order valence-corrected chi connectivity index (χ2v) is 3.30. The minimum absolute atomic E-state index is 0.112. The summed E-state index contributed by atoms with van der Waals surface area (Å²) in [5.74, 6) is 1.31. The van der Waals surface area contributed by atoms with Gasteiger partial charge in [0.25, 0.3) is 5.56 Å². The molecule has 0 spiro atoms. The predicted octanol–water partition coefficient (Wildman–Crippen LogP) is 0.896. The van der Waals surface area contributed by atoms with Crippen molar-refractivity contribution in [2.45, 2.75) is 20.4 Å². The Hall–Kier alpha value is -1.91. The molecule has 2 aromatic heterocycles. The van der Waals surface area contributed by atoms with Gasteiger partial charge in [0.2, 0.25) is 5.89 Å². The smallest absolute Gasteiger partial charge is 0.253 e. The van der Waals surface area contributed by atoms with Gasteiger partial charge < -0.3 is 4.42 Å². The molecule has 5 heteroatoms. The molecule has 0 unspecified atom stereocenters. The van der Waals surface area contributed by atoms with Gasteiger partial charge in [-0.05, 0) is 13.8 Å². The van der Waals surface area contributed by atoms with Crippen molar-refractivity contribution in [1.82, 2.24) is 14.5 Å². The van der Waals surface area contributed by atoms with E-state index in [1.807, 2.05) is 13.8 Å². The van der Waals surface area contributed by atoms with E-state index in [-0.39, 0.29) is 5.56 Å². The Balaban J connectivity index is 2.30. The third-order valence-corrected chi connectivity index (χ3v) is 2.17. The number of nitrogens with zero attached hydrogens (tertiary/aromatic N) is 3. The van der Waals surface area contributed by atoms with E-state index >= 15 is 0 Å². The van der Waals surface area contributed by atoms with Gasteiger partial charge in [0.15, 0.2) is 0 Å². The number of rotatable bonds is 2. The fourth-order valence-corrected chi connectivity index (χ4v) is 1.25. The maximum Gasteiger partial charge on any atom is 0.253 e. The molecule has 2 heterocycles. The van der Waals surface area contributed by atoms with E-state index < -0.39 is 0 Å². The Morgan fingerprint density at radius 2 is 2.27 bits per heavy atom. The summed E-state index contributed by atoms with van der Waals surface area (Å²) in [5, 5.41) is 0. The molecule has 0 aromatic carbocycles. The highest BCUT2D eigenvalue weighted by Crippen LogP contribution is 2.08. The van der Waals surface area contributed by atoms with E-state index in [0.29, 0.717) is 12.4 Å². The maximum absolute atomic E-state index is 11.4. The van der Waals surface area contributed by atoms with Crippen LogP contribution in [0.15, 0.2) is 27.8 Å². The second-order valence-electron chi connectivity index (χ2n) is 3.30. The highest BCUT2D eigenvalue weighted by Gasteiger charge is 2.06. The molecule has 78 valence electrons. The van der Waals surface area contributed by atoms with Crippen molar-refractivity contribution in [3.63, 3.8) is 0 Å². The molecule has 0 N–H and O–H groups in total. The Morgan fingerprint density at radius 1 is 1.47 bits per heavy atom. The molecule has 15 heavy (non-hydrogen) atoms. The zero-order chi connectivity index (χ0) is 10.8. The minimum atomic E-state index is -0.112. The van der Waals surface area contributed by atoms with Crippen molar-refractivity contribution >= 4 is 0 Å². The van der Waals surface area contributed by atoms with Crippen LogP contribution in [-0.2, 0) is 6.54 Å².